The lowest BCUT2D eigenvalue weighted by Gasteiger charge is -2.24. The van der Waals surface area contributed by atoms with Crippen LogP contribution in [0.4, 0.5) is 5.82 Å². The minimum absolute atomic E-state index is 0.0625. The standard InChI is InChI=1S/C14H19N5O10P2/c1-15-10-9-12(18-11(17-10)13(20)21)19(5-16-9)7-2-8(29-31(25,26)27)14(3-6(7)14)4-28-30(22,23)24/h5-8H,2-4H2,1H3,(H,20,21)(H,15,17,18)(H2,22,23,24)(H2,25,26,27)/t6-,7-,8+,14+/m1/s1. The van der Waals surface area contributed by atoms with Gasteiger partial charge < -0.3 is 34.6 Å². The number of carboxylic acid groups (broad SMARTS) is 1. The second kappa shape index (κ2) is 7.29. The zero-order chi connectivity index (χ0) is 22.8. The van der Waals surface area contributed by atoms with Gasteiger partial charge in [0.1, 0.15) is 5.52 Å². The van der Waals surface area contributed by atoms with Gasteiger partial charge in [-0.2, -0.15) is 0 Å². The number of nitrogens with one attached hydrogen (secondary N) is 1. The summed E-state index contributed by atoms with van der Waals surface area (Å²) in [5.74, 6) is -1.95. The fourth-order valence-corrected chi connectivity index (χ4v) is 5.41. The fraction of sp³-hybridized carbons (Fsp3) is 0.571. The summed E-state index contributed by atoms with van der Waals surface area (Å²) in [4.78, 5) is 60.3. The van der Waals surface area contributed by atoms with Crippen LogP contribution in [0.3, 0.4) is 0 Å². The second-order valence-corrected chi connectivity index (χ2v) is 9.90. The highest BCUT2D eigenvalue weighted by Crippen LogP contribution is 2.71. The van der Waals surface area contributed by atoms with Gasteiger partial charge in [0.15, 0.2) is 11.5 Å². The Bertz CT molecular complexity index is 1140. The Hall–Kier alpha value is -1.96. The molecule has 17 heteroatoms. The topological polar surface area (TPSA) is 226 Å². The third-order valence-corrected chi connectivity index (χ3v) is 6.71. The predicted octanol–water partition coefficient (Wildman–Crippen LogP) is 0.104. The molecule has 15 nitrogen and oxygen atoms in total. The average molecular weight is 479 g/mol. The second-order valence-electron chi connectivity index (χ2n) is 7.47. The lowest BCUT2D eigenvalue weighted by molar-refractivity contribution is 0.0498. The van der Waals surface area contributed by atoms with Gasteiger partial charge in [-0.05, 0) is 18.8 Å². The van der Waals surface area contributed by atoms with Gasteiger partial charge in [0.25, 0.3) is 0 Å². The van der Waals surface area contributed by atoms with Crippen LogP contribution in [0, 0.1) is 11.3 Å². The number of phosphoric ester groups is 2. The lowest BCUT2D eigenvalue weighted by Crippen LogP contribution is -2.26. The third kappa shape index (κ3) is 4.11. The number of rotatable bonds is 8. The number of carboxylic acids is 1. The Labute approximate surface area is 173 Å². The molecule has 4 atom stereocenters. The number of hydrogen-bond donors (Lipinski definition) is 6. The van der Waals surface area contributed by atoms with Gasteiger partial charge in [-0.3, -0.25) is 9.05 Å². The molecule has 4 rings (SSSR count). The number of imidazole rings is 1. The predicted molar refractivity (Wildman–Crippen MR) is 101 cm³/mol. The molecule has 0 aliphatic heterocycles. The minimum Gasteiger partial charge on any atom is -0.475 e. The number of anilines is 1. The Balaban J connectivity index is 1.73. The molecule has 170 valence electrons. The maximum absolute atomic E-state index is 11.5. The van der Waals surface area contributed by atoms with E-state index in [4.69, 9.17) is 14.3 Å². The van der Waals surface area contributed by atoms with E-state index in [0.29, 0.717) is 11.9 Å². The summed E-state index contributed by atoms with van der Waals surface area (Å²) in [6.07, 6.45) is 0.727. The van der Waals surface area contributed by atoms with E-state index >= 15 is 0 Å². The van der Waals surface area contributed by atoms with Crippen molar-refractivity contribution >= 4 is 38.6 Å². The smallest absolute Gasteiger partial charge is 0.469 e. The normalized spacial score (nSPS) is 28.0. The van der Waals surface area contributed by atoms with E-state index in [2.05, 4.69) is 24.8 Å². The van der Waals surface area contributed by atoms with Crippen molar-refractivity contribution in [3.63, 3.8) is 0 Å². The lowest BCUT2D eigenvalue weighted by atomic mass is 10.0. The molecule has 2 heterocycles. The van der Waals surface area contributed by atoms with Gasteiger partial charge in [-0.15, -0.1) is 0 Å². The quantitative estimate of drug-likeness (QED) is 0.276. The fourth-order valence-electron chi connectivity index (χ4n) is 4.37. The molecule has 2 aliphatic carbocycles. The van der Waals surface area contributed by atoms with Crippen LogP contribution in [-0.2, 0) is 18.2 Å². The molecule has 0 bridgehead atoms. The summed E-state index contributed by atoms with van der Waals surface area (Å²) in [5.41, 5.74) is -0.544. The number of fused-ring (bicyclic) bond motifs is 2. The van der Waals surface area contributed by atoms with Crippen molar-refractivity contribution in [3.8, 4) is 0 Å². The van der Waals surface area contributed by atoms with Crippen molar-refractivity contribution in [2.24, 2.45) is 11.3 Å². The molecule has 2 aliphatic rings. The number of carbonyl (C=O) groups is 1. The van der Waals surface area contributed by atoms with Gasteiger partial charge in [-0.25, -0.2) is 28.9 Å². The van der Waals surface area contributed by atoms with Crippen molar-refractivity contribution < 1.29 is 47.7 Å². The van der Waals surface area contributed by atoms with E-state index in [-0.39, 0.29) is 23.8 Å². The van der Waals surface area contributed by atoms with E-state index < -0.39 is 51.6 Å². The molecule has 31 heavy (non-hydrogen) atoms. The molecule has 2 aromatic rings. The summed E-state index contributed by atoms with van der Waals surface area (Å²) < 4.78 is 33.8. The van der Waals surface area contributed by atoms with Crippen LogP contribution in [-0.4, -0.2) is 69.9 Å². The van der Waals surface area contributed by atoms with Gasteiger partial charge in [-0.1, -0.05) is 0 Å². The first kappa shape index (κ1) is 22.2. The van der Waals surface area contributed by atoms with E-state index in [1.54, 1.807) is 4.57 Å². The third-order valence-electron chi connectivity index (χ3n) is 5.71. The molecule has 2 aromatic heterocycles. The summed E-state index contributed by atoms with van der Waals surface area (Å²) in [5, 5.41) is 12.0. The molecular formula is C14H19N5O10P2. The first-order chi connectivity index (χ1) is 14.3. The zero-order valence-electron chi connectivity index (χ0n) is 15.9. The molecule has 6 N–H and O–H groups in total. The van der Waals surface area contributed by atoms with Crippen molar-refractivity contribution in [1.29, 1.82) is 0 Å². The summed E-state index contributed by atoms with van der Waals surface area (Å²) in [6, 6.07) is -0.483. The molecule has 0 amide bonds. The average Bonchev–Trinajstić information content (AvgIpc) is 3.11. The Morgan fingerprint density at radius 3 is 2.58 bits per heavy atom. The Morgan fingerprint density at radius 2 is 2.00 bits per heavy atom. The van der Waals surface area contributed by atoms with Crippen molar-refractivity contribution in [2.75, 3.05) is 19.0 Å². The monoisotopic (exact) mass is 479 g/mol. The Morgan fingerprint density at radius 1 is 1.29 bits per heavy atom. The molecule has 0 aromatic carbocycles. The van der Waals surface area contributed by atoms with Gasteiger partial charge >= 0.3 is 21.6 Å². The number of nitrogens with zero attached hydrogens (tertiary/aromatic N) is 4. The van der Waals surface area contributed by atoms with Crippen LogP contribution < -0.4 is 5.32 Å². The summed E-state index contributed by atoms with van der Waals surface area (Å²) in [6.45, 7) is -0.465. The number of aromatic carboxylic acids is 1. The SMILES string of the molecule is CNc1nc(C(=O)O)nc2c1ncn2[C@@H]1C[C@H](OP(=O)(O)O)[C@]2(COP(=O)(O)O)C[C@H]12. The van der Waals surface area contributed by atoms with Crippen LogP contribution in [0.15, 0.2) is 6.33 Å². The van der Waals surface area contributed by atoms with Crippen molar-refractivity contribution in [3.05, 3.63) is 12.2 Å². The van der Waals surface area contributed by atoms with Crippen LogP contribution in [0.5, 0.6) is 0 Å². The van der Waals surface area contributed by atoms with Crippen LogP contribution in [0.25, 0.3) is 11.2 Å². The zero-order valence-corrected chi connectivity index (χ0v) is 17.7. The number of phosphoric acid groups is 2. The van der Waals surface area contributed by atoms with Gasteiger partial charge in [0, 0.05) is 18.5 Å². The minimum atomic E-state index is -4.91. The maximum atomic E-state index is 11.5. The highest BCUT2D eigenvalue weighted by molar-refractivity contribution is 7.46. The Kier molecular flexibility index (Phi) is 5.23. The van der Waals surface area contributed by atoms with E-state index in [9.17, 15) is 28.8 Å². The highest BCUT2D eigenvalue weighted by atomic mass is 31.2. The van der Waals surface area contributed by atoms with Gasteiger partial charge in [0.05, 0.1) is 19.0 Å². The first-order valence-electron chi connectivity index (χ1n) is 8.94. The van der Waals surface area contributed by atoms with Gasteiger partial charge in [0.2, 0.25) is 5.82 Å². The maximum Gasteiger partial charge on any atom is 0.469 e. The molecule has 2 fully saturated rings. The molecule has 0 saturated heterocycles. The number of aromatic nitrogens is 4. The van der Waals surface area contributed by atoms with Crippen LogP contribution in [0.1, 0.15) is 29.5 Å². The van der Waals surface area contributed by atoms with Crippen molar-refractivity contribution in [2.45, 2.75) is 25.0 Å². The highest BCUT2D eigenvalue weighted by Gasteiger charge is 2.70. The van der Waals surface area contributed by atoms with E-state index in [1.165, 1.54) is 13.4 Å². The molecule has 0 unspecified atom stereocenters. The molecule has 0 spiro atoms. The van der Waals surface area contributed by atoms with Crippen LogP contribution in [0.2, 0.25) is 0 Å². The molecule has 2 saturated carbocycles. The van der Waals surface area contributed by atoms with Crippen molar-refractivity contribution in [1.82, 2.24) is 19.5 Å². The summed E-state index contributed by atoms with van der Waals surface area (Å²) in [7, 11) is -8.19. The summed E-state index contributed by atoms with van der Waals surface area (Å²) >= 11 is 0. The largest absolute Gasteiger partial charge is 0.475 e. The first-order valence-corrected chi connectivity index (χ1v) is 12.0. The van der Waals surface area contributed by atoms with E-state index in [0.717, 1.165) is 0 Å². The molecule has 0 radical (unpaired) electrons. The molecular weight excluding hydrogens is 460 g/mol. The van der Waals surface area contributed by atoms with E-state index in [1.807, 2.05) is 0 Å². The number of hydrogen-bond acceptors (Lipinski definition) is 9. The van der Waals surface area contributed by atoms with Crippen LogP contribution >= 0.6 is 15.6 Å².